The fourth-order valence-corrected chi connectivity index (χ4v) is 3.41. The zero-order valence-corrected chi connectivity index (χ0v) is 16.5. The van der Waals surface area contributed by atoms with Crippen LogP contribution in [0, 0.1) is 27.7 Å². The van der Waals surface area contributed by atoms with Gasteiger partial charge in [-0.2, -0.15) is 5.10 Å². The fourth-order valence-electron chi connectivity index (χ4n) is 3.22. The molecule has 3 rings (SSSR count). The standard InChI is InChI=1S/C20H25ClN4O/c1-13-19(11-22-10-9-18-14(2)24-26-16(18)4)15(3)25(23-13)12-17-7-5-6-8-20(17)21/h5-8,22H,9-12H2,1-4H3. The van der Waals surface area contributed by atoms with Crippen LogP contribution in [0.25, 0.3) is 0 Å². The highest BCUT2D eigenvalue weighted by atomic mass is 35.5. The summed E-state index contributed by atoms with van der Waals surface area (Å²) in [4.78, 5) is 0. The van der Waals surface area contributed by atoms with Gasteiger partial charge in [0.15, 0.2) is 0 Å². The van der Waals surface area contributed by atoms with Crippen molar-refractivity contribution in [2.75, 3.05) is 6.54 Å². The Balaban J connectivity index is 1.62. The van der Waals surface area contributed by atoms with Gasteiger partial charge in [0.25, 0.3) is 0 Å². The number of rotatable bonds is 7. The normalized spacial score (nSPS) is 11.3. The van der Waals surface area contributed by atoms with Crippen LogP contribution < -0.4 is 5.32 Å². The van der Waals surface area contributed by atoms with E-state index in [1.54, 1.807) is 0 Å². The molecule has 0 fully saturated rings. The Morgan fingerprint density at radius 3 is 2.54 bits per heavy atom. The van der Waals surface area contributed by atoms with Crippen molar-refractivity contribution >= 4 is 11.6 Å². The van der Waals surface area contributed by atoms with E-state index in [1.807, 2.05) is 42.8 Å². The Labute approximate surface area is 159 Å². The maximum absolute atomic E-state index is 6.28. The van der Waals surface area contributed by atoms with Gasteiger partial charge in [-0.05, 0) is 52.3 Å². The molecule has 1 aromatic carbocycles. The summed E-state index contributed by atoms with van der Waals surface area (Å²) in [7, 11) is 0. The summed E-state index contributed by atoms with van der Waals surface area (Å²) in [6.45, 7) is 10.5. The first-order chi connectivity index (χ1) is 12.5. The Morgan fingerprint density at radius 2 is 1.85 bits per heavy atom. The average molecular weight is 373 g/mol. The first-order valence-corrected chi connectivity index (χ1v) is 9.24. The average Bonchev–Trinajstić information content (AvgIpc) is 3.07. The van der Waals surface area contributed by atoms with E-state index in [4.69, 9.17) is 21.2 Å². The van der Waals surface area contributed by atoms with Gasteiger partial charge in [0.1, 0.15) is 5.76 Å². The zero-order valence-electron chi connectivity index (χ0n) is 15.8. The lowest BCUT2D eigenvalue weighted by Gasteiger charge is -2.08. The highest BCUT2D eigenvalue weighted by Crippen LogP contribution is 2.19. The van der Waals surface area contributed by atoms with Crippen LogP contribution in [0.4, 0.5) is 0 Å². The second kappa shape index (κ2) is 8.06. The van der Waals surface area contributed by atoms with Crippen LogP contribution in [0.2, 0.25) is 5.02 Å². The van der Waals surface area contributed by atoms with Crippen molar-refractivity contribution in [3.63, 3.8) is 0 Å². The number of hydrogen-bond donors (Lipinski definition) is 1. The highest BCUT2D eigenvalue weighted by Gasteiger charge is 2.13. The molecule has 6 heteroatoms. The first kappa shape index (κ1) is 18.7. The van der Waals surface area contributed by atoms with E-state index in [1.165, 1.54) is 16.8 Å². The number of halogens is 1. The van der Waals surface area contributed by atoms with E-state index < -0.39 is 0 Å². The summed E-state index contributed by atoms with van der Waals surface area (Å²) >= 11 is 6.28. The van der Waals surface area contributed by atoms with Gasteiger partial charge in [-0.1, -0.05) is 35.0 Å². The molecule has 0 unspecified atom stereocenters. The van der Waals surface area contributed by atoms with Crippen LogP contribution in [0.15, 0.2) is 28.8 Å². The zero-order chi connectivity index (χ0) is 18.7. The summed E-state index contributed by atoms with van der Waals surface area (Å²) in [6, 6.07) is 7.91. The summed E-state index contributed by atoms with van der Waals surface area (Å²) in [5, 5.41) is 13.0. The smallest absolute Gasteiger partial charge is 0.137 e. The maximum Gasteiger partial charge on any atom is 0.137 e. The number of nitrogens with one attached hydrogen (secondary N) is 1. The lowest BCUT2D eigenvalue weighted by Crippen LogP contribution is -2.18. The summed E-state index contributed by atoms with van der Waals surface area (Å²) in [5.41, 5.74) is 6.73. The molecule has 0 spiro atoms. The summed E-state index contributed by atoms with van der Waals surface area (Å²) in [6.07, 6.45) is 0.910. The lowest BCUT2D eigenvalue weighted by molar-refractivity contribution is 0.392. The number of hydrogen-bond acceptors (Lipinski definition) is 4. The van der Waals surface area contributed by atoms with Gasteiger partial charge in [-0.25, -0.2) is 0 Å². The van der Waals surface area contributed by atoms with Gasteiger partial charge in [0.05, 0.1) is 17.9 Å². The maximum atomic E-state index is 6.28. The molecule has 0 amide bonds. The molecule has 1 N–H and O–H groups in total. The second-order valence-corrected chi connectivity index (χ2v) is 7.04. The van der Waals surface area contributed by atoms with Crippen molar-refractivity contribution in [1.82, 2.24) is 20.3 Å². The van der Waals surface area contributed by atoms with Crippen molar-refractivity contribution in [3.05, 3.63) is 68.8 Å². The Bertz CT molecular complexity index is 878. The third-order valence-electron chi connectivity index (χ3n) is 4.84. The molecule has 0 aliphatic heterocycles. The number of aryl methyl sites for hydroxylation is 3. The molecule has 26 heavy (non-hydrogen) atoms. The van der Waals surface area contributed by atoms with E-state index in [9.17, 15) is 0 Å². The van der Waals surface area contributed by atoms with Gasteiger partial charge in [-0.15, -0.1) is 0 Å². The van der Waals surface area contributed by atoms with E-state index in [-0.39, 0.29) is 0 Å². The van der Waals surface area contributed by atoms with Gasteiger partial charge in [0.2, 0.25) is 0 Å². The Morgan fingerprint density at radius 1 is 1.08 bits per heavy atom. The summed E-state index contributed by atoms with van der Waals surface area (Å²) in [5.74, 6) is 0.907. The molecular weight excluding hydrogens is 348 g/mol. The minimum atomic E-state index is 0.686. The predicted molar refractivity (Wildman–Crippen MR) is 104 cm³/mol. The van der Waals surface area contributed by atoms with E-state index in [0.717, 1.165) is 47.2 Å². The molecule has 0 saturated carbocycles. The molecular formula is C20H25ClN4O. The molecule has 138 valence electrons. The minimum Gasteiger partial charge on any atom is -0.361 e. The summed E-state index contributed by atoms with van der Waals surface area (Å²) < 4.78 is 7.25. The monoisotopic (exact) mass is 372 g/mol. The molecule has 0 bridgehead atoms. The first-order valence-electron chi connectivity index (χ1n) is 8.86. The third kappa shape index (κ3) is 4.00. The molecule has 2 aromatic heterocycles. The molecule has 0 aliphatic rings. The molecule has 0 aliphatic carbocycles. The highest BCUT2D eigenvalue weighted by molar-refractivity contribution is 6.31. The molecule has 3 aromatic rings. The van der Waals surface area contributed by atoms with Crippen LogP contribution in [0.5, 0.6) is 0 Å². The van der Waals surface area contributed by atoms with E-state index in [2.05, 4.69) is 24.3 Å². The van der Waals surface area contributed by atoms with Gasteiger partial charge in [-0.3, -0.25) is 4.68 Å². The number of nitrogens with zero attached hydrogens (tertiary/aromatic N) is 3. The van der Waals surface area contributed by atoms with Gasteiger partial charge in [0, 0.05) is 28.4 Å². The molecule has 0 saturated heterocycles. The molecule has 2 heterocycles. The van der Waals surface area contributed by atoms with Crippen LogP contribution >= 0.6 is 11.6 Å². The number of benzene rings is 1. The quantitative estimate of drug-likeness (QED) is 0.633. The lowest BCUT2D eigenvalue weighted by atomic mass is 10.1. The van der Waals surface area contributed by atoms with Crippen molar-refractivity contribution in [2.45, 2.75) is 47.2 Å². The topological polar surface area (TPSA) is 55.9 Å². The molecule has 0 atom stereocenters. The van der Waals surface area contributed by atoms with Crippen molar-refractivity contribution in [3.8, 4) is 0 Å². The van der Waals surface area contributed by atoms with Crippen molar-refractivity contribution in [2.24, 2.45) is 0 Å². The largest absolute Gasteiger partial charge is 0.361 e. The third-order valence-corrected chi connectivity index (χ3v) is 5.21. The van der Waals surface area contributed by atoms with Crippen LogP contribution in [0.3, 0.4) is 0 Å². The predicted octanol–water partition coefficient (Wildman–Crippen LogP) is 4.14. The van der Waals surface area contributed by atoms with Gasteiger partial charge < -0.3 is 9.84 Å². The van der Waals surface area contributed by atoms with Crippen LogP contribution in [-0.2, 0) is 19.5 Å². The van der Waals surface area contributed by atoms with Crippen LogP contribution in [-0.4, -0.2) is 21.5 Å². The fraction of sp³-hybridized carbons (Fsp3) is 0.400. The number of aromatic nitrogens is 3. The minimum absolute atomic E-state index is 0.686. The van der Waals surface area contributed by atoms with E-state index in [0.29, 0.717) is 6.54 Å². The second-order valence-electron chi connectivity index (χ2n) is 6.63. The molecule has 5 nitrogen and oxygen atoms in total. The molecule has 0 radical (unpaired) electrons. The van der Waals surface area contributed by atoms with Crippen molar-refractivity contribution < 1.29 is 4.52 Å². The van der Waals surface area contributed by atoms with Gasteiger partial charge >= 0.3 is 0 Å². The SMILES string of the molecule is Cc1noc(C)c1CCNCc1c(C)nn(Cc2ccccc2Cl)c1C. The van der Waals surface area contributed by atoms with Crippen molar-refractivity contribution in [1.29, 1.82) is 0 Å². The van der Waals surface area contributed by atoms with E-state index >= 15 is 0 Å². The van der Waals surface area contributed by atoms with Crippen LogP contribution in [0.1, 0.15) is 39.5 Å². The Kier molecular flexibility index (Phi) is 5.79. The Hall–Kier alpha value is -2.11.